The van der Waals surface area contributed by atoms with E-state index in [1.807, 2.05) is 0 Å². The van der Waals surface area contributed by atoms with Crippen LogP contribution in [0, 0.1) is 5.41 Å². The molecule has 0 fully saturated rings. The zero-order valence-corrected chi connectivity index (χ0v) is 28.4. The fourth-order valence-electron chi connectivity index (χ4n) is 7.55. The molecule has 0 N–H and O–H groups in total. The van der Waals surface area contributed by atoms with Gasteiger partial charge in [-0.1, -0.05) is 118 Å². The summed E-state index contributed by atoms with van der Waals surface area (Å²) in [4.78, 5) is 7.65. The first-order valence-electron chi connectivity index (χ1n) is 17.3. The van der Waals surface area contributed by atoms with E-state index in [-0.39, 0.29) is 5.41 Å². The summed E-state index contributed by atoms with van der Waals surface area (Å²) in [7, 11) is 0. The average Bonchev–Trinajstić information content (AvgIpc) is 3.46. The van der Waals surface area contributed by atoms with Crippen molar-refractivity contribution in [3.8, 4) is 5.69 Å². The molecule has 2 aliphatic carbocycles. The summed E-state index contributed by atoms with van der Waals surface area (Å²) in [5.41, 5.74) is 14.0. The van der Waals surface area contributed by atoms with Crippen molar-refractivity contribution >= 4 is 34.2 Å². The molecule has 1 aliphatic heterocycles. The van der Waals surface area contributed by atoms with Gasteiger partial charge in [0, 0.05) is 51.6 Å². The lowest BCUT2D eigenvalue weighted by Crippen LogP contribution is -2.36. The minimum atomic E-state index is 0.187. The van der Waals surface area contributed by atoms with Crippen LogP contribution in [0.4, 0.5) is 5.69 Å². The maximum absolute atomic E-state index is 5.30. The summed E-state index contributed by atoms with van der Waals surface area (Å²) in [6.07, 6.45) is 15.0. The number of allylic oxidation sites excluding steroid dienone is 5. The van der Waals surface area contributed by atoms with Gasteiger partial charge in [-0.2, -0.15) is 0 Å². The van der Waals surface area contributed by atoms with Crippen molar-refractivity contribution in [3.05, 3.63) is 167 Å². The second-order valence-electron chi connectivity index (χ2n) is 14.4. The van der Waals surface area contributed by atoms with Gasteiger partial charge in [0.1, 0.15) is 5.84 Å². The van der Waals surface area contributed by atoms with Gasteiger partial charge in [0.15, 0.2) is 0 Å². The van der Waals surface area contributed by atoms with E-state index in [0.29, 0.717) is 5.92 Å². The quantitative estimate of drug-likeness (QED) is 0.190. The van der Waals surface area contributed by atoms with Crippen molar-refractivity contribution in [1.29, 1.82) is 0 Å². The second kappa shape index (κ2) is 12.1. The van der Waals surface area contributed by atoms with Gasteiger partial charge in [-0.25, -0.2) is 4.99 Å². The van der Waals surface area contributed by atoms with Crippen LogP contribution in [0.2, 0.25) is 0 Å². The third kappa shape index (κ3) is 5.48. The van der Waals surface area contributed by atoms with Gasteiger partial charge in [0.25, 0.3) is 0 Å². The molecular weight excluding hydrogens is 583 g/mol. The van der Waals surface area contributed by atoms with Crippen LogP contribution in [0.25, 0.3) is 28.4 Å². The molecule has 3 nitrogen and oxygen atoms in total. The summed E-state index contributed by atoms with van der Waals surface area (Å²) in [5.74, 6) is 1.40. The summed E-state index contributed by atoms with van der Waals surface area (Å²) in [6, 6.07) is 37.4. The third-order valence-electron chi connectivity index (χ3n) is 10.1. The van der Waals surface area contributed by atoms with Gasteiger partial charge in [-0.05, 0) is 84.7 Å². The van der Waals surface area contributed by atoms with E-state index >= 15 is 0 Å². The number of aromatic nitrogens is 1. The van der Waals surface area contributed by atoms with Crippen molar-refractivity contribution in [1.82, 2.24) is 4.57 Å². The smallest absolute Gasteiger partial charge is 0.141 e. The Morgan fingerprint density at radius 3 is 2.17 bits per heavy atom. The molecule has 1 aromatic heterocycles. The van der Waals surface area contributed by atoms with Crippen molar-refractivity contribution in [2.45, 2.75) is 52.9 Å². The molecule has 3 heteroatoms. The molecular formula is C45H43N3. The number of benzene rings is 4. The van der Waals surface area contributed by atoms with E-state index in [4.69, 9.17) is 4.99 Å². The first kappa shape index (κ1) is 30.2. The van der Waals surface area contributed by atoms with Crippen molar-refractivity contribution in [2.75, 3.05) is 11.4 Å². The molecule has 3 aliphatic rings. The van der Waals surface area contributed by atoms with E-state index in [0.717, 1.165) is 54.2 Å². The van der Waals surface area contributed by atoms with E-state index in [9.17, 15) is 0 Å². The second-order valence-corrected chi connectivity index (χ2v) is 14.4. The molecule has 0 radical (unpaired) electrons. The number of rotatable bonds is 5. The van der Waals surface area contributed by atoms with Crippen LogP contribution in [0.1, 0.15) is 74.4 Å². The van der Waals surface area contributed by atoms with E-state index in [1.54, 1.807) is 0 Å². The lowest BCUT2D eigenvalue weighted by molar-refractivity contribution is 0.510. The summed E-state index contributed by atoms with van der Waals surface area (Å²) < 4.78 is 2.50. The SMILES string of the molecule is CC1=C(c2ccccc2)N=C(c2ccccc2)N(c2ccc(-n3c4c(c5cc(C6C=CC(C(C)(C)C)=CC6)ccc53)C=CCC4)cc2)C1. The van der Waals surface area contributed by atoms with E-state index in [2.05, 4.69) is 171 Å². The number of aliphatic imine (C=N–C) groups is 1. The Morgan fingerprint density at radius 2 is 1.48 bits per heavy atom. The lowest BCUT2D eigenvalue weighted by atomic mass is 9.80. The molecule has 238 valence electrons. The third-order valence-corrected chi connectivity index (χ3v) is 10.1. The minimum Gasteiger partial charge on any atom is -0.322 e. The maximum atomic E-state index is 5.30. The first-order chi connectivity index (χ1) is 23.3. The van der Waals surface area contributed by atoms with Gasteiger partial charge in [-0.15, -0.1) is 0 Å². The van der Waals surface area contributed by atoms with Gasteiger partial charge >= 0.3 is 0 Å². The first-order valence-corrected chi connectivity index (χ1v) is 17.3. The summed E-state index contributed by atoms with van der Waals surface area (Å²) in [6.45, 7) is 9.88. The molecule has 4 aromatic carbocycles. The van der Waals surface area contributed by atoms with Gasteiger partial charge < -0.3 is 9.47 Å². The summed E-state index contributed by atoms with van der Waals surface area (Å²) in [5, 5.41) is 1.35. The van der Waals surface area contributed by atoms with Gasteiger partial charge in [0.05, 0.1) is 11.2 Å². The largest absolute Gasteiger partial charge is 0.322 e. The number of nitrogens with zero attached hydrogens (tertiary/aromatic N) is 3. The monoisotopic (exact) mass is 625 g/mol. The number of hydrogen-bond donors (Lipinski definition) is 0. The fraction of sp³-hybridized carbons (Fsp3) is 0.222. The summed E-state index contributed by atoms with van der Waals surface area (Å²) >= 11 is 0. The molecule has 0 amide bonds. The van der Waals surface area contributed by atoms with Crippen LogP contribution < -0.4 is 4.90 Å². The minimum absolute atomic E-state index is 0.187. The average molecular weight is 626 g/mol. The van der Waals surface area contributed by atoms with Gasteiger partial charge in [0.2, 0.25) is 0 Å². The van der Waals surface area contributed by atoms with Crippen LogP contribution in [0.3, 0.4) is 0 Å². The Bertz CT molecular complexity index is 2150. The lowest BCUT2D eigenvalue weighted by Gasteiger charge is -2.32. The molecule has 1 atom stereocenters. The highest BCUT2D eigenvalue weighted by Gasteiger charge is 2.25. The predicted octanol–water partition coefficient (Wildman–Crippen LogP) is 11.3. The van der Waals surface area contributed by atoms with Crippen LogP contribution in [-0.4, -0.2) is 16.9 Å². The maximum Gasteiger partial charge on any atom is 0.141 e. The Morgan fingerprint density at radius 1 is 0.771 bits per heavy atom. The number of amidine groups is 1. The fourth-order valence-corrected chi connectivity index (χ4v) is 7.55. The zero-order chi connectivity index (χ0) is 32.8. The molecule has 0 saturated heterocycles. The van der Waals surface area contributed by atoms with E-state index in [1.165, 1.54) is 44.6 Å². The van der Waals surface area contributed by atoms with Crippen LogP contribution >= 0.6 is 0 Å². The Hall–Kier alpha value is -5.15. The van der Waals surface area contributed by atoms with Gasteiger partial charge in [-0.3, -0.25) is 0 Å². The van der Waals surface area contributed by atoms with Crippen molar-refractivity contribution < 1.29 is 0 Å². The molecule has 0 bridgehead atoms. The topological polar surface area (TPSA) is 20.5 Å². The highest BCUT2D eigenvalue weighted by Crippen LogP contribution is 2.39. The zero-order valence-electron chi connectivity index (χ0n) is 28.4. The predicted molar refractivity (Wildman–Crippen MR) is 204 cm³/mol. The highest BCUT2D eigenvalue weighted by atomic mass is 15.2. The Balaban J connectivity index is 1.15. The van der Waals surface area contributed by atoms with Crippen LogP contribution in [0.15, 0.2) is 144 Å². The molecule has 1 unspecified atom stereocenters. The van der Waals surface area contributed by atoms with Crippen molar-refractivity contribution in [3.63, 3.8) is 0 Å². The molecule has 5 aromatic rings. The van der Waals surface area contributed by atoms with E-state index < -0.39 is 0 Å². The number of fused-ring (bicyclic) bond motifs is 3. The van der Waals surface area contributed by atoms with Crippen molar-refractivity contribution in [2.24, 2.45) is 10.4 Å². The van der Waals surface area contributed by atoms with Crippen LogP contribution in [0.5, 0.6) is 0 Å². The molecule has 2 heterocycles. The normalized spacial score (nSPS) is 17.8. The molecule has 0 saturated carbocycles. The molecule has 8 rings (SSSR count). The Labute approximate surface area is 285 Å². The standard InChI is InChI=1S/C45H43N3/c1-31-30-47(44(34-15-9-6-10-16-34)46-43(31)33-13-7-5-8-14-33)37-24-26-38(27-25-37)48-41-18-12-11-17-39(41)40-29-35(21-28-42(40)48)32-19-22-36(23-20-32)45(2,3)4/h5-11,13-17,19,21-29,32H,12,18,20,30H2,1-4H3. The molecule has 48 heavy (non-hydrogen) atoms. The number of anilines is 1. The molecule has 0 spiro atoms. The Kier molecular flexibility index (Phi) is 7.64. The number of hydrogen-bond acceptors (Lipinski definition) is 2. The van der Waals surface area contributed by atoms with Crippen LogP contribution in [-0.2, 0) is 6.42 Å². The highest BCUT2D eigenvalue weighted by molar-refractivity contribution is 6.13.